The number of hydrogen-bond donors (Lipinski definition) is 0. The maximum Gasteiger partial charge on any atom is 0.159 e. The summed E-state index contributed by atoms with van der Waals surface area (Å²) in [6.07, 6.45) is 0.892. The Kier molecular flexibility index (Phi) is 2.83. The van der Waals surface area contributed by atoms with Gasteiger partial charge in [-0.3, -0.25) is 0 Å². The molecule has 92 valence electrons. The zero-order valence-electron chi connectivity index (χ0n) is 9.54. The number of benzene rings is 2. The van der Waals surface area contributed by atoms with Gasteiger partial charge in [-0.2, -0.15) is 0 Å². The fourth-order valence-electron chi connectivity index (χ4n) is 2.47. The van der Waals surface area contributed by atoms with Crippen LogP contribution < -0.4 is 0 Å². The van der Waals surface area contributed by atoms with Crippen molar-refractivity contribution < 1.29 is 8.78 Å². The topological polar surface area (TPSA) is 0 Å². The van der Waals surface area contributed by atoms with Gasteiger partial charge in [-0.15, -0.1) is 11.6 Å². The summed E-state index contributed by atoms with van der Waals surface area (Å²) < 4.78 is 26.1. The minimum atomic E-state index is -0.842. The van der Waals surface area contributed by atoms with E-state index in [1.807, 2.05) is 18.2 Å². The van der Waals surface area contributed by atoms with Gasteiger partial charge < -0.3 is 0 Å². The van der Waals surface area contributed by atoms with Gasteiger partial charge in [0.15, 0.2) is 11.6 Å². The summed E-state index contributed by atoms with van der Waals surface area (Å²) in [6, 6.07) is 11.9. The molecule has 0 saturated carbocycles. The Morgan fingerprint density at radius 2 is 1.83 bits per heavy atom. The summed E-state index contributed by atoms with van der Waals surface area (Å²) in [5, 5.41) is -0.310. The minimum Gasteiger partial charge on any atom is -0.204 e. The Hall–Kier alpha value is -1.41. The molecule has 1 aliphatic carbocycles. The highest BCUT2D eigenvalue weighted by Gasteiger charge is 2.32. The molecular weight excluding hydrogens is 254 g/mol. The van der Waals surface area contributed by atoms with Gasteiger partial charge in [0.05, 0.1) is 5.38 Å². The second kappa shape index (κ2) is 4.36. The van der Waals surface area contributed by atoms with Crippen LogP contribution in [-0.2, 0) is 6.42 Å². The van der Waals surface area contributed by atoms with E-state index in [0.717, 1.165) is 12.5 Å². The van der Waals surface area contributed by atoms with Crippen LogP contribution in [0.2, 0.25) is 0 Å². The van der Waals surface area contributed by atoms with Gasteiger partial charge in [0.25, 0.3) is 0 Å². The largest absolute Gasteiger partial charge is 0.204 e. The molecule has 3 heteroatoms. The van der Waals surface area contributed by atoms with E-state index in [1.165, 1.54) is 17.2 Å². The monoisotopic (exact) mass is 264 g/mol. The van der Waals surface area contributed by atoms with Crippen molar-refractivity contribution in [3.8, 4) is 0 Å². The van der Waals surface area contributed by atoms with E-state index in [2.05, 4.69) is 6.07 Å². The third-order valence-electron chi connectivity index (χ3n) is 3.51. The number of hydrogen-bond acceptors (Lipinski definition) is 0. The summed E-state index contributed by atoms with van der Waals surface area (Å²) in [4.78, 5) is 0. The van der Waals surface area contributed by atoms with E-state index >= 15 is 0 Å². The SMILES string of the molecule is Fc1ccc(C(Cl)C2Cc3ccccc32)cc1F. The van der Waals surface area contributed by atoms with Crippen molar-refractivity contribution in [1.82, 2.24) is 0 Å². The third kappa shape index (κ3) is 1.81. The molecule has 0 saturated heterocycles. The molecule has 0 bridgehead atoms. The first kappa shape index (κ1) is 11.7. The van der Waals surface area contributed by atoms with E-state index < -0.39 is 11.6 Å². The van der Waals surface area contributed by atoms with E-state index in [-0.39, 0.29) is 11.3 Å². The average Bonchev–Trinajstić information content (AvgIpc) is 2.34. The quantitative estimate of drug-likeness (QED) is 0.696. The van der Waals surface area contributed by atoms with Crippen molar-refractivity contribution in [2.24, 2.45) is 0 Å². The van der Waals surface area contributed by atoms with Crippen molar-refractivity contribution in [3.63, 3.8) is 0 Å². The lowest BCUT2D eigenvalue weighted by Gasteiger charge is -2.33. The highest BCUT2D eigenvalue weighted by Crippen LogP contribution is 2.46. The van der Waals surface area contributed by atoms with Crippen LogP contribution in [-0.4, -0.2) is 0 Å². The molecule has 2 atom stereocenters. The highest BCUT2D eigenvalue weighted by atomic mass is 35.5. The van der Waals surface area contributed by atoms with Crippen molar-refractivity contribution in [2.45, 2.75) is 17.7 Å². The molecule has 0 spiro atoms. The molecule has 3 rings (SSSR count). The molecule has 0 aromatic heterocycles. The Morgan fingerprint density at radius 1 is 1.06 bits per heavy atom. The standard InChI is InChI=1S/C15H11ClF2/c16-15(10-5-6-13(17)14(18)8-10)12-7-9-3-1-2-4-11(9)12/h1-6,8,12,15H,7H2. The zero-order valence-corrected chi connectivity index (χ0v) is 10.3. The summed E-state index contributed by atoms with van der Waals surface area (Å²) in [6.45, 7) is 0. The molecular formula is C15H11ClF2. The van der Waals surface area contributed by atoms with Gasteiger partial charge in [0.1, 0.15) is 0 Å². The van der Waals surface area contributed by atoms with Crippen LogP contribution in [0.5, 0.6) is 0 Å². The number of halogens is 3. The van der Waals surface area contributed by atoms with Gasteiger partial charge in [0, 0.05) is 5.92 Å². The highest BCUT2D eigenvalue weighted by molar-refractivity contribution is 6.21. The Labute approximate surface area is 109 Å². The second-order valence-electron chi connectivity index (χ2n) is 4.58. The van der Waals surface area contributed by atoms with Crippen molar-refractivity contribution >= 4 is 11.6 Å². The molecule has 2 aromatic carbocycles. The summed E-state index contributed by atoms with van der Waals surface area (Å²) in [7, 11) is 0. The lowest BCUT2D eigenvalue weighted by Crippen LogP contribution is -2.21. The van der Waals surface area contributed by atoms with Gasteiger partial charge in [-0.05, 0) is 35.2 Å². The first-order valence-electron chi connectivity index (χ1n) is 5.83. The first-order chi connectivity index (χ1) is 8.66. The molecule has 2 aromatic rings. The van der Waals surface area contributed by atoms with Crippen LogP contribution in [0, 0.1) is 11.6 Å². The van der Waals surface area contributed by atoms with Crippen LogP contribution in [0.3, 0.4) is 0 Å². The van der Waals surface area contributed by atoms with Gasteiger partial charge in [0.2, 0.25) is 0 Å². The molecule has 0 amide bonds. The molecule has 2 unspecified atom stereocenters. The lowest BCUT2D eigenvalue weighted by atomic mass is 9.74. The maximum atomic E-state index is 13.2. The molecule has 0 N–H and O–H groups in total. The molecule has 18 heavy (non-hydrogen) atoms. The van der Waals surface area contributed by atoms with Crippen molar-refractivity contribution in [3.05, 3.63) is 70.8 Å². The minimum absolute atomic E-state index is 0.188. The lowest BCUT2D eigenvalue weighted by molar-refractivity contribution is 0.504. The number of alkyl halides is 1. The van der Waals surface area contributed by atoms with E-state index in [0.29, 0.717) is 5.56 Å². The van der Waals surface area contributed by atoms with E-state index in [4.69, 9.17) is 11.6 Å². The third-order valence-corrected chi connectivity index (χ3v) is 4.07. The molecule has 1 aliphatic rings. The molecule has 0 heterocycles. The normalized spacial score (nSPS) is 18.9. The first-order valence-corrected chi connectivity index (χ1v) is 6.27. The van der Waals surface area contributed by atoms with Crippen molar-refractivity contribution in [2.75, 3.05) is 0 Å². The van der Waals surface area contributed by atoms with Crippen LogP contribution >= 0.6 is 11.6 Å². The zero-order chi connectivity index (χ0) is 12.7. The molecule has 0 aliphatic heterocycles. The summed E-state index contributed by atoms with van der Waals surface area (Å²) in [5.41, 5.74) is 3.13. The van der Waals surface area contributed by atoms with Crippen LogP contribution in [0.1, 0.15) is 28.0 Å². The van der Waals surface area contributed by atoms with Gasteiger partial charge in [-0.1, -0.05) is 30.3 Å². The smallest absolute Gasteiger partial charge is 0.159 e. The summed E-state index contributed by atoms with van der Waals surface area (Å²) >= 11 is 6.37. The van der Waals surface area contributed by atoms with Gasteiger partial charge in [-0.25, -0.2) is 8.78 Å². The Morgan fingerprint density at radius 3 is 2.56 bits per heavy atom. The van der Waals surface area contributed by atoms with E-state index in [1.54, 1.807) is 6.07 Å². The predicted octanol–water partition coefficient (Wildman–Crippen LogP) is 4.58. The van der Waals surface area contributed by atoms with Crippen LogP contribution in [0.25, 0.3) is 0 Å². The van der Waals surface area contributed by atoms with E-state index in [9.17, 15) is 8.78 Å². The molecule has 0 radical (unpaired) electrons. The predicted molar refractivity (Wildman–Crippen MR) is 67.8 cm³/mol. The second-order valence-corrected chi connectivity index (χ2v) is 5.05. The fourth-order valence-corrected chi connectivity index (χ4v) is 2.84. The van der Waals surface area contributed by atoms with Crippen LogP contribution in [0.4, 0.5) is 8.78 Å². The Balaban J connectivity index is 1.88. The van der Waals surface area contributed by atoms with Crippen molar-refractivity contribution in [1.29, 1.82) is 0 Å². The molecule has 0 nitrogen and oxygen atoms in total. The van der Waals surface area contributed by atoms with Crippen LogP contribution in [0.15, 0.2) is 42.5 Å². The maximum absolute atomic E-state index is 13.2. The van der Waals surface area contributed by atoms with Gasteiger partial charge >= 0.3 is 0 Å². The average molecular weight is 265 g/mol. The summed E-state index contributed by atoms with van der Waals surface area (Å²) in [5.74, 6) is -1.49. The number of fused-ring (bicyclic) bond motifs is 1. The number of rotatable bonds is 2. The fraction of sp³-hybridized carbons (Fsp3) is 0.200. The Bertz CT molecular complexity index is 595. The molecule has 0 fully saturated rings.